The van der Waals surface area contributed by atoms with Crippen molar-refractivity contribution < 1.29 is 0 Å². The van der Waals surface area contributed by atoms with Crippen LogP contribution in [-0.4, -0.2) is 16.1 Å². The van der Waals surface area contributed by atoms with Crippen LogP contribution in [0.2, 0.25) is 0 Å². The van der Waals surface area contributed by atoms with E-state index >= 15 is 0 Å². The number of aromatic nitrogens is 2. The van der Waals surface area contributed by atoms with Crippen molar-refractivity contribution in [1.29, 1.82) is 0 Å². The van der Waals surface area contributed by atoms with E-state index < -0.39 is 0 Å². The summed E-state index contributed by atoms with van der Waals surface area (Å²) in [5, 5.41) is 3.65. The zero-order valence-electron chi connectivity index (χ0n) is 12.2. The number of hydrogen-bond donors (Lipinski definition) is 1. The highest BCUT2D eigenvalue weighted by Gasteiger charge is 2.32. The van der Waals surface area contributed by atoms with Crippen LogP contribution in [0.4, 0.5) is 0 Å². The van der Waals surface area contributed by atoms with Gasteiger partial charge in [-0.15, -0.1) is 0 Å². The third kappa shape index (κ3) is 2.77. The lowest BCUT2D eigenvalue weighted by atomic mass is 9.73. The first kappa shape index (κ1) is 13.6. The van der Waals surface area contributed by atoms with Crippen molar-refractivity contribution in [2.75, 3.05) is 6.54 Å². The van der Waals surface area contributed by atoms with E-state index in [0.29, 0.717) is 6.04 Å². The molecule has 2 rings (SSSR count). The van der Waals surface area contributed by atoms with Gasteiger partial charge in [0.25, 0.3) is 0 Å². The largest absolute Gasteiger partial charge is 0.337 e. The SMILES string of the molecule is CCNC(c1nccn1C)C1CCC(C)C(C)C1. The fourth-order valence-electron chi connectivity index (χ4n) is 3.26. The fourth-order valence-corrected chi connectivity index (χ4v) is 3.26. The maximum atomic E-state index is 4.55. The Morgan fingerprint density at radius 2 is 2.17 bits per heavy atom. The van der Waals surface area contributed by atoms with Crippen molar-refractivity contribution in [1.82, 2.24) is 14.9 Å². The molecular formula is C15H27N3. The Morgan fingerprint density at radius 3 is 2.72 bits per heavy atom. The van der Waals surface area contributed by atoms with Crippen LogP contribution in [0, 0.1) is 17.8 Å². The van der Waals surface area contributed by atoms with Gasteiger partial charge >= 0.3 is 0 Å². The molecule has 1 N–H and O–H groups in total. The van der Waals surface area contributed by atoms with Crippen LogP contribution in [0.3, 0.4) is 0 Å². The summed E-state index contributed by atoms with van der Waals surface area (Å²) in [7, 11) is 2.10. The maximum Gasteiger partial charge on any atom is 0.125 e. The highest BCUT2D eigenvalue weighted by molar-refractivity contribution is 5.02. The summed E-state index contributed by atoms with van der Waals surface area (Å²) in [5.74, 6) is 3.65. The molecule has 0 aromatic carbocycles. The summed E-state index contributed by atoms with van der Waals surface area (Å²) >= 11 is 0. The van der Waals surface area contributed by atoms with E-state index in [1.54, 1.807) is 0 Å². The highest BCUT2D eigenvalue weighted by Crippen LogP contribution is 2.39. The van der Waals surface area contributed by atoms with Crippen molar-refractivity contribution in [3.63, 3.8) is 0 Å². The molecule has 0 aliphatic heterocycles. The molecule has 18 heavy (non-hydrogen) atoms. The standard InChI is InChI=1S/C15H27N3/c1-5-16-14(15-17-8-9-18(15)4)13-7-6-11(2)12(3)10-13/h8-9,11-14,16H,5-7,10H2,1-4H3. The van der Waals surface area contributed by atoms with E-state index in [-0.39, 0.29) is 0 Å². The minimum Gasteiger partial charge on any atom is -0.337 e. The Labute approximate surface area is 111 Å². The molecule has 1 saturated carbocycles. The van der Waals surface area contributed by atoms with E-state index in [0.717, 1.165) is 24.3 Å². The minimum absolute atomic E-state index is 0.421. The lowest BCUT2D eigenvalue weighted by Gasteiger charge is -2.36. The third-order valence-electron chi connectivity index (χ3n) is 4.67. The predicted octanol–water partition coefficient (Wildman–Crippen LogP) is 3.14. The molecular weight excluding hydrogens is 222 g/mol. The van der Waals surface area contributed by atoms with Crippen molar-refractivity contribution in [2.24, 2.45) is 24.8 Å². The van der Waals surface area contributed by atoms with Gasteiger partial charge in [0.05, 0.1) is 6.04 Å². The van der Waals surface area contributed by atoms with Gasteiger partial charge in [0.1, 0.15) is 5.82 Å². The van der Waals surface area contributed by atoms with Crippen molar-refractivity contribution in [2.45, 2.75) is 46.1 Å². The second-order valence-corrected chi connectivity index (χ2v) is 5.96. The van der Waals surface area contributed by atoms with E-state index in [2.05, 4.69) is 48.9 Å². The van der Waals surface area contributed by atoms with Crippen molar-refractivity contribution >= 4 is 0 Å². The molecule has 0 saturated heterocycles. The summed E-state index contributed by atoms with van der Waals surface area (Å²) in [6, 6.07) is 0.421. The maximum absolute atomic E-state index is 4.55. The summed E-state index contributed by atoms with van der Waals surface area (Å²) in [5.41, 5.74) is 0. The summed E-state index contributed by atoms with van der Waals surface area (Å²) in [6.45, 7) is 7.99. The fraction of sp³-hybridized carbons (Fsp3) is 0.800. The number of imidazole rings is 1. The van der Waals surface area contributed by atoms with Crippen LogP contribution in [0.1, 0.15) is 51.9 Å². The Morgan fingerprint density at radius 1 is 1.39 bits per heavy atom. The molecule has 4 atom stereocenters. The molecule has 1 fully saturated rings. The van der Waals surface area contributed by atoms with Gasteiger partial charge in [0, 0.05) is 19.4 Å². The molecule has 0 radical (unpaired) electrons. The molecule has 0 bridgehead atoms. The molecule has 3 heteroatoms. The molecule has 3 nitrogen and oxygen atoms in total. The molecule has 1 aliphatic carbocycles. The second kappa shape index (κ2) is 5.87. The molecule has 0 amide bonds. The van der Waals surface area contributed by atoms with Crippen molar-refractivity contribution in [3.8, 4) is 0 Å². The zero-order chi connectivity index (χ0) is 13.1. The van der Waals surface area contributed by atoms with Gasteiger partial charge in [-0.3, -0.25) is 0 Å². The molecule has 102 valence electrons. The minimum atomic E-state index is 0.421. The lowest BCUT2D eigenvalue weighted by molar-refractivity contribution is 0.167. The van der Waals surface area contributed by atoms with Gasteiger partial charge in [0.2, 0.25) is 0 Å². The van der Waals surface area contributed by atoms with E-state index in [1.165, 1.54) is 25.1 Å². The van der Waals surface area contributed by atoms with E-state index in [1.807, 2.05) is 6.20 Å². The highest BCUT2D eigenvalue weighted by atomic mass is 15.1. The second-order valence-electron chi connectivity index (χ2n) is 5.96. The van der Waals surface area contributed by atoms with Crippen LogP contribution in [-0.2, 0) is 7.05 Å². The van der Waals surface area contributed by atoms with Crippen molar-refractivity contribution in [3.05, 3.63) is 18.2 Å². The van der Waals surface area contributed by atoms with Gasteiger partial charge in [-0.25, -0.2) is 4.98 Å². The summed E-state index contributed by atoms with van der Waals surface area (Å²) in [6.07, 6.45) is 7.98. The number of hydrogen-bond acceptors (Lipinski definition) is 2. The summed E-state index contributed by atoms with van der Waals surface area (Å²) in [4.78, 5) is 4.55. The Bertz CT molecular complexity index is 372. The quantitative estimate of drug-likeness (QED) is 0.888. The Balaban J connectivity index is 2.13. The van der Waals surface area contributed by atoms with Gasteiger partial charge < -0.3 is 9.88 Å². The average Bonchev–Trinajstić information content (AvgIpc) is 2.76. The topological polar surface area (TPSA) is 29.9 Å². The smallest absolute Gasteiger partial charge is 0.125 e. The molecule has 1 heterocycles. The number of nitrogens with zero attached hydrogens (tertiary/aromatic N) is 2. The summed E-state index contributed by atoms with van der Waals surface area (Å²) < 4.78 is 2.16. The van der Waals surface area contributed by atoms with Gasteiger partial charge in [0.15, 0.2) is 0 Å². The predicted molar refractivity (Wildman–Crippen MR) is 75.3 cm³/mol. The first-order valence-corrected chi connectivity index (χ1v) is 7.34. The molecule has 1 aromatic rings. The Hall–Kier alpha value is -0.830. The molecule has 4 unspecified atom stereocenters. The molecule has 1 aromatic heterocycles. The number of nitrogens with one attached hydrogen (secondary N) is 1. The van der Waals surface area contributed by atoms with Crippen LogP contribution in [0.15, 0.2) is 12.4 Å². The average molecular weight is 249 g/mol. The van der Waals surface area contributed by atoms with Gasteiger partial charge in [-0.2, -0.15) is 0 Å². The molecule has 0 spiro atoms. The van der Waals surface area contributed by atoms with Crippen LogP contribution < -0.4 is 5.32 Å². The van der Waals surface area contributed by atoms with Crippen LogP contribution >= 0.6 is 0 Å². The van der Waals surface area contributed by atoms with E-state index in [4.69, 9.17) is 0 Å². The first-order chi connectivity index (χ1) is 8.63. The zero-order valence-corrected chi connectivity index (χ0v) is 12.2. The van der Waals surface area contributed by atoms with Gasteiger partial charge in [-0.05, 0) is 37.1 Å². The first-order valence-electron chi connectivity index (χ1n) is 7.34. The lowest BCUT2D eigenvalue weighted by Crippen LogP contribution is -2.34. The Kier molecular flexibility index (Phi) is 4.44. The number of rotatable bonds is 4. The third-order valence-corrected chi connectivity index (χ3v) is 4.67. The number of aryl methyl sites for hydroxylation is 1. The molecule has 1 aliphatic rings. The monoisotopic (exact) mass is 249 g/mol. The van der Waals surface area contributed by atoms with Crippen LogP contribution in [0.25, 0.3) is 0 Å². The van der Waals surface area contributed by atoms with Gasteiger partial charge in [-0.1, -0.05) is 27.2 Å². The van der Waals surface area contributed by atoms with Crippen LogP contribution in [0.5, 0.6) is 0 Å². The normalized spacial score (nSPS) is 30.3. The van der Waals surface area contributed by atoms with E-state index in [9.17, 15) is 0 Å².